The third-order valence-corrected chi connectivity index (χ3v) is 4.22. The molecule has 2 amide bonds. The summed E-state index contributed by atoms with van der Waals surface area (Å²) in [4.78, 5) is 23.6. The monoisotopic (exact) mass is 457 g/mol. The van der Waals surface area contributed by atoms with Gasteiger partial charge >= 0.3 is 0 Å². The number of carbonyl (C=O) groups excluding carboxylic acids is 2. The topological polar surface area (TPSA) is 90.8 Å². The van der Waals surface area contributed by atoms with Crippen LogP contribution in [0.25, 0.3) is 0 Å². The zero-order chi connectivity index (χ0) is 19.1. The van der Waals surface area contributed by atoms with Crippen LogP contribution >= 0.6 is 39.1 Å². The van der Waals surface area contributed by atoms with Crippen molar-refractivity contribution in [3.63, 3.8) is 0 Å². The SMILES string of the molecule is O=C(CCC(=O)Nc1cc(Cl)ccc1Cl)N/N=C/c1cc(Br)ccc1O. The zero-order valence-corrected chi connectivity index (χ0v) is 16.4. The van der Waals surface area contributed by atoms with Crippen molar-refractivity contribution in [3.8, 4) is 5.75 Å². The van der Waals surface area contributed by atoms with Gasteiger partial charge in [0.05, 0.1) is 16.9 Å². The van der Waals surface area contributed by atoms with Gasteiger partial charge in [-0.1, -0.05) is 39.1 Å². The maximum atomic E-state index is 11.9. The van der Waals surface area contributed by atoms with Crippen molar-refractivity contribution in [1.82, 2.24) is 5.43 Å². The number of benzene rings is 2. The lowest BCUT2D eigenvalue weighted by molar-refractivity contribution is -0.124. The predicted octanol–water partition coefficient (Wildman–Crippen LogP) is 4.33. The maximum Gasteiger partial charge on any atom is 0.240 e. The number of anilines is 1. The summed E-state index contributed by atoms with van der Waals surface area (Å²) in [5, 5.41) is 16.8. The molecule has 2 aromatic rings. The summed E-state index contributed by atoms with van der Waals surface area (Å²) in [6.07, 6.45) is 1.20. The molecule has 0 radical (unpaired) electrons. The van der Waals surface area contributed by atoms with Gasteiger partial charge in [0.1, 0.15) is 5.75 Å². The molecule has 0 heterocycles. The number of amides is 2. The van der Waals surface area contributed by atoms with Gasteiger partial charge in [-0.3, -0.25) is 9.59 Å². The second-order valence-corrected chi connectivity index (χ2v) is 6.93. The Hall–Kier alpha value is -2.09. The first-order valence-corrected chi connectivity index (χ1v) is 8.95. The molecular formula is C17H14BrCl2N3O3. The highest BCUT2D eigenvalue weighted by atomic mass is 79.9. The van der Waals surface area contributed by atoms with Crippen LogP contribution in [0.3, 0.4) is 0 Å². The number of hydrogen-bond donors (Lipinski definition) is 3. The standard InChI is InChI=1S/C17H14BrCl2N3O3/c18-11-1-4-15(24)10(7-11)9-21-23-17(26)6-5-16(25)22-14-8-12(19)2-3-13(14)20/h1-4,7-9,24H,5-6H2,(H,22,25)(H,23,26)/b21-9+. The van der Waals surface area contributed by atoms with Crippen molar-refractivity contribution < 1.29 is 14.7 Å². The number of hydrogen-bond acceptors (Lipinski definition) is 4. The van der Waals surface area contributed by atoms with Gasteiger partial charge in [-0.2, -0.15) is 5.10 Å². The van der Waals surface area contributed by atoms with E-state index in [0.717, 1.165) is 4.47 Å². The van der Waals surface area contributed by atoms with Crippen molar-refractivity contribution in [2.24, 2.45) is 5.10 Å². The van der Waals surface area contributed by atoms with E-state index in [1.165, 1.54) is 18.3 Å². The molecule has 0 aliphatic heterocycles. The van der Waals surface area contributed by atoms with Gasteiger partial charge < -0.3 is 10.4 Å². The Labute approximate surface area is 168 Å². The fourth-order valence-corrected chi connectivity index (χ4v) is 2.61. The first-order valence-electron chi connectivity index (χ1n) is 7.40. The van der Waals surface area contributed by atoms with Crippen LogP contribution in [0.15, 0.2) is 46.0 Å². The van der Waals surface area contributed by atoms with Gasteiger partial charge in [-0.05, 0) is 36.4 Å². The number of halogens is 3. The molecule has 3 N–H and O–H groups in total. The molecule has 0 bridgehead atoms. The van der Waals surface area contributed by atoms with Gasteiger partial charge in [0.25, 0.3) is 0 Å². The smallest absolute Gasteiger partial charge is 0.240 e. The van der Waals surface area contributed by atoms with E-state index in [2.05, 4.69) is 31.8 Å². The quantitative estimate of drug-likeness (QED) is 0.444. The zero-order valence-electron chi connectivity index (χ0n) is 13.3. The molecule has 0 aliphatic rings. The highest BCUT2D eigenvalue weighted by molar-refractivity contribution is 9.10. The average Bonchev–Trinajstić information content (AvgIpc) is 2.59. The highest BCUT2D eigenvalue weighted by Gasteiger charge is 2.09. The molecular weight excluding hydrogens is 445 g/mol. The third-order valence-electron chi connectivity index (χ3n) is 3.16. The minimum absolute atomic E-state index is 0.0315. The van der Waals surface area contributed by atoms with E-state index < -0.39 is 5.91 Å². The van der Waals surface area contributed by atoms with Gasteiger partial charge in [-0.15, -0.1) is 0 Å². The molecule has 0 fully saturated rings. The summed E-state index contributed by atoms with van der Waals surface area (Å²) in [6.45, 7) is 0. The third kappa shape index (κ3) is 6.33. The molecule has 136 valence electrons. The fourth-order valence-electron chi connectivity index (χ4n) is 1.89. The van der Waals surface area contributed by atoms with Crippen LogP contribution in [-0.4, -0.2) is 23.1 Å². The molecule has 26 heavy (non-hydrogen) atoms. The minimum Gasteiger partial charge on any atom is -0.507 e. The molecule has 0 unspecified atom stereocenters. The number of rotatable bonds is 6. The molecule has 0 saturated heterocycles. The summed E-state index contributed by atoms with van der Waals surface area (Å²) in [6, 6.07) is 9.52. The second-order valence-electron chi connectivity index (χ2n) is 5.17. The van der Waals surface area contributed by atoms with E-state index in [0.29, 0.717) is 21.3 Å². The van der Waals surface area contributed by atoms with Crippen LogP contribution in [0.5, 0.6) is 5.75 Å². The first-order chi connectivity index (χ1) is 12.3. The van der Waals surface area contributed by atoms with Gasteiger partial charge in [0.2, 0.25) is 11.8 Å². The Morgan fingerprint density at radius 3 is 2.62 bits per heavy atom. The van der Waals surface area contributed by atoms with Crippen LogP contribution in [0.1, 0.15) is 18.4 Å². The van der Waals surface area contributed by atoms with E-state index in [1.807, 2.05) is 0 Å². The van der Waals surface area contributed by atoms with E-state index in [4.69, 9.17) is 23.2 Å². The number of carbonyl (C=O) groups is 2. The Morgan fingerprint density at radius 1 is 1.12 bits per heavy atom. The molecule has 0 atom stereocenters. The van der Waals surface area contributed by atoms with Crippen molar-refractivity contribution in [3.05, 3.63) is 56.5 Å². The molecule has 9 heteroatoms. The van der Waals surface area contributed by atoms with E-state index in [1.54, 1.807) is 24.3 Å². The number of phenolic OH excluding ortho intramolecular Hbond substituents is 1. The van der Waals surface area contributed by atoms with Crippen LogP contribution in [-0.2, 0) is 9.59 Å². The molecule has 6 nitrogen and oxygen atoms in total. The highest BCUT2D eigenvalue weighted by Crippen LogP contribution is 2.25. The minimum atomic E-state index is -0.442. The molecule has 0 aliphatic carbocycles. The average molecular weight is 459 g/mol. The number of phenols is 1. The normalized spacial score (nSPS) is 10.7. The van der Waals surface area contributed by atoms with Gasteiger partial charge in [-0.25, -0.2) is 5.43 Å². The Morgan fingerprint density at radius 2 is 1.85 bits per heavy atom. The van der Waals surface area contributed by atoms with Crippen molar-refractivity contribution >= 4 is 62.8 Å². The van der Waals surface area contributed by atoms with Crippen LogP contribution in [0.4, 0.5) is 5.69 Å². The maximum absolute atomic E-state index is 11.9. The predicted molar refractivity (Wildman–Crippen MR) is 106 cm³/mol. The molecule has 0 spiro atoms. The summed E-state index contributed by atoms with van der Waals surface area (Å²) in [5.41, 5.74) is 3.11. The number of nitrogens with one attached hydrogen (secondary N) is 2. The molecule has 2 aromatic carbocycles. The lowest BCUT2D eigenvalue weighted by Crippen LogP contribution is -2.20. The van der Waals surface area contributed by atoms with Gasteiger partial charge in [0.15, 0.2) is 0 Å². The summed E-state index contributed by atoms with van der Waals surface area (Å²) < 4.78 is 0.763. The van der Waals surface area contributed by atoms with Crippen LogP contribution in [0, 0.1) is 0 Å². The van der Waals surface area contributed by atoms with Crippen molar-refractivity contribution in [2.45, 2.75) is 12.8 Å². The second kappa shape index (κ2) is 9.56. The number of nitrogens with zero attached hydrogens (tertiary/aromatic N) is 1. The lowest BCUT2D eigenvalue weighted by Gasteiger charge is -2.07. The lowest BCUT2D eigenvalue weighted by atomic mass is 10.2. The van der Waals surface area contributed by atoms with Crippen molar-refractivity contribution in [1.29, 1.82) is 0 Å². The van der Waals surface area contributed by atoms with E-state index >= 15 is 0 Å². The van der Waals surface area contributed by atoms with Crippen LogP contribution < -0.4 is 10.7 Å². The Balaban J connectivity index is 1.81. The first kappa shape index (κ1) is 20.2. The number of hydrazone groups is 1. The fraction of sp³-hybridized carbons (Fsp3) is 0.118. The van der Waals surface area contributed by atoms with E-state index in [-0.39, 0.29) is 24.5 Å². The van der Waals surface area contributed by atoms with E-state index in [9.17, 15) is 14.7 Å². The Kier molecular flexibility index (Phi) is 7.44. The summed E-state index contributed by atoms with van der Waals surface area (Å²) >= 11 is 15.1. The molecule has 0 aromatic heterocycles. The summed E-state index contributed by atoms with van der Waals surface area (Å²) in [7, 11) is 0. The molecule has 0 saturated carbocycles. The molecule has 2 rings (SSSR count). The van der Waals surface area contributed by atoms with Crippen LogP contribution in [0.2, 0.25) is 10.0 Å². The van der Waals surface area contributed by atoms with Gasteiger partial charge in [0, 0.05) is 27.9 Å². The number of aromatic hydroxyl groups is 1. The largest absolute Gasteiger partial charge is 0.507 e. The Bertz CT molecular complexity index is 859. The van der Waals surface area contributed by atoms with Crippen molar-refractivity contribution in [2.75, 3.05) is 5.32 Å². The summed E-state index contributed by atoms with van der Waals surface area (Å²) in [5.74, 6) is -0.787.